The summed E-state index contributed by atoms with van der Waals surface area (Å²) >= 11 is 0. The molecule has 0 aliphatic carbocycles. The number of aryl methyl sites for hydroxylation is 1. The zero-order chi connectivity index (χ0) is 24.1. The van der Waals surface area contributed by atoms with Crippen molar-refractivity contribution in [2.24, 2.45) is 0 Å². The second kappa shape index (κ2) is 6.87. The van der Waals surface area contributed by atoms with Crippen molar-refractivity contribution in [3.63, 3.8) is 0 Å². The summed E-state index contributed by atoms with van der Waals surface area (Å²) in [5, 5.41) is 9.59. The Balaban J connectivity index is 1.62. The van der Waals surface area contributed by atoms with Crippen molar-refractivity contribution in [3.05, 3.63) is 78.4 Å². The molecule has 6 aromatic rings. The van der Waals surface area contributed by atoms with E-state index in [0.717, 1.165) is 32.8 Å². The predicted octanol–water partition coefficient (Wildman–Crippen LogP) is 7.65. The summed E-state index contributed by atoms with van der Waals surface area (Å²) in [4.78, 5) is 0. The van der Waals surface area contributed by atoms with Gasteiger partial charge < -0.3 is 13.7 Å². The van der Waals surface area contributed by atoms with Gasteiger partial charge in [0, 0.05) is 21.6 Å². The van der Waals surface area contributed by atoms with Crippen LogP contribution in [0.15, 0.2) is 77.2 Å². The molecule has 1 aliphatic rings. The minimum Gasteiger partial charge on any atom is -0.456 e. The number of furan rings is 1. The van der Waals surface area contributed by atoms with Gasteiger partial charge in [0.25, 0.3) is 0 Å². The number of benzene rings is 5. The van der Waals surface area contributed by atoms with Crippen LogP contribution in [0.1, 0.15) is 33.3 Å². The molecule has 7 rings (SSSR count). The summed E-state index contributed by atoms with van der Waals surface area (Å²) in [5.74, 6) is 0. The van der Waals surface area contributed by atoms with E-state index in [9.17, 15) is 0 Å². The molecule has 35 heavy (non-hydrogen) atoms. The van der Waals surface area contributed by atoms with Crippen LogP contribution in [-0.2, 0) is 9.31 Å². The molecule has 0 amide bonds. The van der Waals surface area contributed by atoms with Crippen LogP contribution in [0.4, 0.5) is 0 Å². The van der Waals surface area contributed by atoms with Crippen LogP contribution in [0.3, 0.4) is 0 Å². The van der Waals surface area contributed by atoms with Crippen LogP contribution >= 0.6 is 0 Å². The first-order valence-corrected chi connectivity index (χ1v) is 12.3. The summed E-state index contributed by atoms with van der Waals surface area (Å²) < 4.78 is 19.7. The van der Waals surface area contributed by atoms with Gasteiger partial charge in [-0.05, 0) is 73.2 Å². The molecule has 4 heteroatoms. The Morgan fingerprint density at radius 1 is 0.543 bits per heavy atom. The maximum Gasteiger partial charge on any atom is 0.498 e. The number of hydrogen-bond donors (Lipinski definition) is 0. The first-order valence-electron chi connectivity index (χ1n) is 12.3. The highest BCUT2D eigenvalue weighted by Gasteiger charge is 2.52. The summed E-state index contributed by atoms with van der Waals surface area (Å²) in [6.07, 6.45) is 0. The molecule has 172 valence electrons. The Hall–Kier alpha value is -3.34. The minimum atomic E-state index is -0.479. The van der Waals surface area contributed by atoms with Crippen LogP contribution in [0.25, 0.3) is 54.3 Å². The standard InChI is InChI=1S/C31H27BO3/c1-18-14-17-25(32-34-30(2,3)31(4,5)35-32)29-26(18)24-16-15-23-21-12-7-6-10-19(21)20-11-8-9-13-22(20)27(23)28(24)33-29/h6-17H,1-5H3. The smallest absolute Gasteiger partial charge is 0.456 e. The Labute approximate surface area is 204 Å². The quantitative estimate of drug-likeness (QED) is 0.187. The van der Waals surface area contributed by atoms with Crippen molar-refractivity contribution >= 4 is 66.8 Å². The van der Waals surface area contributed by atoms with Gasteiger partial charge in [-0.3, -0.25) is 0 Å². The average molecular weight is 458 g/mol. The van der Waals surface area contributed by atoms with Gasteiger partial charge in [-0.2, -0.15) is 0 Å². The molecule has 0 unspecified atom stereocenters. The van der Waals surface area contributed by atoms with E-state index in [1.807, 2.05) is 0 Å². The molecule has 2 heterocycles. The molecule has 0 spiro atoms. The van der Waals surface area contributed by atoms with Gasteiger partial charge in [0.2, 0.25) is 0 Å². The molecule has 3 nitrogen and oxygen atoms in total. The molecule has 0 N–H and O–H groups in total. The predicted molar refractivity (Wildman–Crippen MR) is 147 cm³/mol. The van der Waals surface area contributed by atoms with Crippen LogP contribution in [0.2, 0.25) is 0 Å². The topological polar surface area (TPSA) is 31.6 Å². The Kier molecular flexibility index (Phi) is 4.12. The van der Waals surface area contributed by atoms with Crippen molar-refractivity contribution in [3.8, 4) is 0 Å². The van der Waals surface area contributed by atoms with Crippen LogP contribution in [-0.4, -0.2) is 18.3 Å². The Morgan fingerprint density at radius 3 is 1.69 bits per heavy atom. The average Bonchev–Trinajstić information content (AvgIpc) is 3.33. The summed E-state index contributed by atoms with van der Waals surface area (Å²) in [6, 6.07) is 26.0. The second-order valence-corrected chi connectivity index (χ2v) is 10.8. The third-order valence-corrected chi connectivity index (χ3v) is 8.24. The van der Waals surface area contributed by atoms with Crippen molar-refractivity contribution < 1.29 is 13.7 Å². The van der Waals surface area contributed by atoms with Gasteiger partial charge in [-0.25, -0.2) is 0 Å². The van der Waals surface area contributed by atoms with E-state index in [2.05, 4.69) is 107 Å². The van der Waals surface area contributed by atoms with Gasteiger partial charge in [0.05, 0.1) is 11.2 Å². The number of rotatable bonds is 1. The highest BCUT2D eigenvalue weighted by molar-refractivity contribution is 6.65. The maximum atomic E-state index is 6.82. The van der Waals surface area contributed by atoms with Crippen LogP contribution in [0.5, 0.6) is 0 Å². The van der Waals surface area contributed by atoms with Crippen molar-refractivity contribution in [2.45, 2.75) is 45.8 Å². The van der Waals surface area contributed by atoms with Crippen molar-refractivity contribution in [1.29, 1.82) is 0 Å². The maximum absolute atomic E-state index is 6.82. The zero-order valence-electron chi connectivity index (χ0n) is 20.7. The van der Waals surface area contributed by atoms with E-state index in [4.69, 9.17) is 13.7 Å². The van der Waals surface area contributed by atoms with E-state index in [1.165, 1.54) is 32.5 Å². The Morgan fingerprint density at radius 2 is 1.06 bits per heavy atom. The van der Waals surface area contributed by atoms with E-state index < -0.39 is 18.3 Å². The lowest BCUT2D eigenvalue weighted by Gasteiger charge is -2.32. The van der Waals surface area contributed by atoms with Gasteiger partial charge in [0.15, 0.2) is 0 Å². The van der Waals surface area contributed by atoms with Gasteiger partial charge in [-0.15, -0.1) is 0 Å². The molecule has 5 aromatic carbocycles. The first-order chi connectivity index (χ1) is 16.8. The molecule has 0 saturated carbocycles. The lowest BCUT2D eigenvalue weighted by molar-refractivity contribution is 0.00578. The highest BCUT2D eigenvalue weighted by Crippen LogP contribution is 2.43. The normalized spacial score (nSPS) is 17.5. The fourth-order valence-corrected chi connectivity index (χ4v) is 5.67. The molecule has 1 aromatic heterocycles. The van der Waals surface area contributed by atoms with Gasteiger partial charge >= 0.3 is 7.12 Å². The molecule has 0 atom stereocenters. The van der Waals surface area contributed by atoms with E-state index in [1.54, 1.807) is 0 Å². The van der Waals surface area contributed by atoms with Crippen molar-refractivity contribution in [2.75, 3.05) is 0 Å². The zero-order valence-corrected chi connectivity index (χ0v) is 20.7. The van der Waals surface area contributed by atoms with E-state index in [0.29, 0.717) is 0 Å². The summed E-state index contributed by atoms with van der Waals surface area (Å²) in [7, 11) is -0.479. The molecule has 1 aliphatic heterocycles. The van der Waals surface area contributed by atoms with E-state index >= 15 is 0 Å². The second-order valence-electron chi connectivity index (χ2n) is 10.8. The van der Waals surface area contributed by atoms with E-state index in [-0.39, 0.29) is 0 Å². The fraction of sp³-hybridized carbons (Fsp3) is 0.226. The monoisotopic (exact) mass is 458 g/mol. The lowest BCUT2D eigenvalue weighted by Crippen LogP contribution is -2.41. The van der Waals surface area contributed by atoms with Gasteiger partial charge in [-0.1, -0.05) is 66.7 Å². The first kappa shape index (κ1) is 21.0. The number of hydrogen-bond acceptors (Lipinski definition) is 3. The molecule has 1 saturated heterocycles. The molecular formula is C31H27BO3. The molecular weight excluding hydrogens is 431 g/mol. The summed E-state index contributed by atoms with van der Waals surface area (Å²) in [6.45, 7) is 10.5. The van der Waals surface area contributed by atoms with Crippen LogP contribution in [0, 0.1) is 6.92 Å². The highest BCUT2D eigenvalue weighted by atomic mass is 16.7. The fourth-order valence-electron chi connectivity index (χ4n) is 5.67. The van der Waals surface area contributed by atoms with Crippen molar-refractivity contribution in [1.82, 2.24) is 0 Å². The minimum absolute atomic E-state index is 0.414. The third-order valence-electron chi connectivity index (χ3n) is 8.24. The Bertz CT molecular complexity index is 1780. The molecule has 0 bridgehead atoms. The summed E-state index contributed by atoms with van der Waals surface area (Å²) in [5.41, 5.74) is 3.07. The molecule has 0 radical (unpaired) electrons. The molecule has 1 fully saturated rings. The number of fused-ring (bicyclic) bond motifs is 10. The lowest BCUT2D eigenvalue weighted by atomic mass is 9.77. The largest absolute Gasteiger partial charge is 0.498 e. The SMILES string of the molecule is Cc1ccc(B2OC(C)(C)C(C)(C)O2)c2oc3c(ccc4c5ccccc5c5ccccc5c43)c12. The van der Waals surface area contributed by atoms with Gasteiger partial charge in [0.1, 0.15) is 11.2 Å². The van der Waals surface area contributed by atoms with Crippen LogP contribution < -0.4 is 5.46 Å². The third kappa shape index (κ3) is 2.75.